The van der Waals surface area contributed by atoms with Gasteiger partial charge in [-0.25, -0.2) is 0 Å². The number of hydrogen-bond donors (Lipinski definition) is 0. The highest BCUT2D eigenvalue weighted by Gasteiger charge is 2.04. The van der Waals surface area contributed by atoms with Crippen LogP contribution in [-0.4, -0.2) is 0 Å². The van der Waals surface area contributed by atoms with E-state index in [9.17, 15) is 0 Å². The summed E-state index contributed by atoms with van der Waals surface area (Å²) in [6.45, 7) is 10.7. The van der Waals surface area contributed by atoms with Crippen LogP contribution >= 0.6 is 0 Å². The standard InChI is InChI=1S/C13H19/c1-5-11-8-10(4)9-12(6-2)13(11)7-3/h8-9H,4-7H2,1-3H3. The van der Waals surface area contributed by atoms with E-state index in [1.807, 2.05) is 0 Å². The molecule has 0 heteroatoms. The molecule has 0 fully saturated rings. The van der Waals surface area contributed by atoms with Gasteiger partial charge >= 0.3 is 0 Å². The van der Waals surface area contributed by atoms with Gasteiger partial charge in [0.05, 0.1) is 0 Å². The van der Waals surface area contributed by atoms with Crippen molar-refractivity contribution in [3.05, 3.63) is 41.3 Å². The summed E-state index contributed by atoms with van der Waals surface area (Å²) in [5.74, 6) is 0. The van der Waals surface area contributed by atoms with E-state index < -0.39 is 0 Å². The van der Waals surface area contributed by atoms with Crippen molar-refractivity contribution in [3.8, 4) is 0 Å². The molecule has 0 saturated heterocycles. The highest BCUT2D eigenvalue weighted by atomic mass is 14.1. The van der Waals surface area contributed by atoms with Crippen LogP contribution in [0.25, 0.3) is 0 Å². The third kappa shape index (κ3) is 2.12. The highest BCUT2D eigenvalue weighted by Crippen LogP contribution is 2.19. The predicted molar refractivity (Wildman–Crippen MR) is 59.0 cm³/mol. The minimum atomic E-state index is 1.12. The van der Waals surface area contributed by atoms with Gasteiger partial charge in [0, 0.05) is 0 Å². The molecule has 1 radical (unpaired) electrons. The van der Waals surface area contributed by atoms with E-state index in [1.165, 1.54) is 16.7 Å². The van der Waals surface area contributed by atoms with Crippen molar-refractivity contribution in [2.75, 3.05) is 0 Å². The van der Waals surface area contributed by atoms with E-state index >= 15 is 0 Å². The van der Waals surface area contributed by atoms with Gasteiger partial charge in [-0.05, 0) is 48.4 Å². The second-order valence-corrected chi connectivity index (χ2v) is 3.45. The van der Waals surface area contributed by atoms with Crippen LogP contribution in [-0.2, 0) is 19.3 Å². The lowest BCUT2D eigenvalue weighted by molar-refractivity contribution is 0.978. The molecule has 0 spiro atoms. The Morgan fingerprint density at radius 3 is 1.69 bits per heavy atom. The first kappa shape index (κ1) is 10.3. The van der Waals surface area contributed by atoms with Crippen LogP contribution < -0.4 is 0 Å². The first-order chi connectivity index (χ1) is 6.22. The monoisotopic (exact) mass is 175 g/mol. The minimum Gasteiger partial charge on any atom is -0.0613 e. The molecule has 0 heterocycles. The second kappa shape index (κ2) is 4.45. The Labute approximate surface area is 82.0 Å². The lowest BCUT2D eigenvalue weighted by Gasteiger charge is -2.12. The van der Waals surface area contributed by atoms with Gasteiger partial charge in [-0.3, -0.25) is 0 Å². The number of benzene rings is 1. The molecule has 0 unspecified atom stereocenters. The van der Waals surface area contributed by atoms with Gasteiger partial charge in [-0.1, -0.05) is 32.9 Å². The lowest BCUT2D eigenvalue weighted by atomic mass is 9.93. The zero-order valence-corrected chi connectivity index (χ0v) is 8.98. The zero-order valence-electron chi connectivity index (χ0n) is 8.98. The van der Waals surface area contributed by atoms with E-state index in [0.29, 0.717) is 0 Å². The lowest BCUT2D eigenvalue weighted by Crippen LogP contribution is -1.98. The molecule has 0 N–H and O–H groups in total. The fraction of sp³-hybridized carbons (Fsp3) is 0.462. The first-order valence-electron chi connectivity index (χ1n) is 5.19. The summed E-state index contributed by atoms with van der Waals surface area (Å²) in [6, 6.07) is 4.44. The SMILES string of the molecule is [CH2]c1cc(CC)c(CC)c(CC)c1. The molecule has 13 heavy (non-hydrogen) atoms. The Kier molecular flexibility index (Phi) is 3.53. The van der Waals surface area contributed by atoms with E-state index in [2.05, 4.69) is 39.8 Å². The van der Waals surface area contributed by atoms with Crippen LogP contribution in [0.15, 0.2) is 12.1 Å². The number of rotatable bonds is 3. The van der Waals surface area contributed by atoms with Gasteiger partial charge in [0.2, 0.25) is 0 Å². The number of aryl methyl sites for hydroxylation is 2. The molecule has 0 aliphatic carbocycles. The second-order valence-electron chi connectivity index (χ2n) is 3.45. The van der Waals surface area contributed by atoms with Crippen LogP contribution in [0, 0.1) is 6.92 Å². The van der Waals surface area contributed by atoms with Gasteiger partial charge in [0.25, 0.3) is 0 Å². The maximum atomic E-state index is 4.01. The van der Waals surface area contributed by atoms with E-state index in [1.54, 1.807) is 0 Å². The van der Waals surface area contributed by atoms with E-state index in [0.717, 1.165) is 24.8 Å². The molecular weight excluding hydrogens is 156 g/mol. The predicted octanol–water partition coefficient (Wildman–Crippen LogP) is 3.56. The van der Waals surface area contributed by atoms with Gasteiger partial charge in [-0.15, -0.1) is 0 Å². The smallest absolute Gasteiger partial charge is 0.0238 e. The van der Waals surface area contributed by atoms with Crippen LogP contribution in [0.1, 0.15) is 43.0 Å². The molecule has 0 aromatic heterocycles. The Balaban J connectivity index is 3.25. The van der Waals surface area contributed by atoms with Crippen molar-refractivity contribution in [1.29, 1.82) is 0 Å². The van der Waals surface area contributed by atoms with Crippen molar-refractivity contribution >= 4 is 0 Å². The zero-order chi connectivity index (χ0) is 9.84. The summed E-state index contributed by atoms with van der Waals surface area (Å²) < 4.78 is 0. The van der Waals surface area contributed by atoms with Crippen molar-refractivity contribution < 1.29 is 0 Å². The summed E-state index contributed by atoms with van der Waals surface area (Å²) in [5.41, 5.74) is 5.65. The first-order valence-corrected chi connectivity index (χ1v) is 5.19. The quantitative estimate of drug-likeness (QED) is 0.659. The van der Waals surface area contributed by atoms with Gasteiger partial charge < -0.3 is 0 Å². The summed E-state index contributed by atoms with van der Waals surface area (Å²) in [4.78, 5) is 0. The molecule has 0 bridgehead atoms. The Bertz CT molecular complexity index is 259. The van der Waals surface area contributed by atoms with Crippen molar-refractivity contribution in [1.82, 2.24) is 0 Å². The maximum Gasteiger partial charge on any atom is -0.0238 e. The summed E-state index contributed by atoms with van der Waals surface area (Å²) in [5, 5.41) is 0. The summed E-state index contributed by atoms with van der Waals surface area (Å²) in [7, 11) is 0. The Morgan fingerprint density at radius 1 is 0.923 bits per heavy atom. The highest BCUT2D eigenvalue weighted by molar-refractivity contribution is 5.40. The maximum absolute atomic E-state index is 4.01. The normalized spacial score (nSPS) is 10.5. The molecule has 0 aliphatic rings. The van der Waals surface area contributed by atoms with Gasteiger partial charge in [-0.2, -0.15) is 0 Å². The molecule has 1 aromatic rings. The minimum absolute atomic E-state index is 1.12. The molecule has 0 aliphatic heterocycles. The third-order valence-electron chi connectivity index (χ3n) is 2.61. The fourth-order valence-electron chi connectivity index (χ4n) is 1.95. The molecule has 0 saturated carbocycles. The van der Waals surface area contributed by atoms with Gasteiger partial charge in [0.1, 0.15) is 0 Å². The average molecular weight is 175 g/mol. The molecule has 0 nitrogen and oxygen atoms in total. The van der Waals surface area contributed by atoms with Gasteiger partial charge in [0.15, 0.2) is 0 Å². The summed E-state index contributed by atoms with van der Waals surface area (Å²) >= 11 is 0. The van der Waals surface area contributed by atoms with Crippen LogP contribution in [0.5, 0.6) is 0 Å². The Morgan fingerprint density at radius 2 is 1.38 bits per heavy atom. The van der Waals surface area contributed by atoms with Crippen molar-refractivity contribution in [2.45, 2.75) is 40.0 Å². The van der Waals surface area contributed by atoms with Crippen molar-refractivity contribution in [3.63, 3.8) is 0 Å². The molecule has 1 rings (SSSR count). The molecule has 1 aromatic carbocycles. The van der Waals surface area contributed by atoms with Crippen LogP contribution in [0.4, 0.5) is 0 Å². The van der Waals surface area contributed by atoms with E-state index in [-0.39, 0.29) is 0 Å². The fourth-order valence-corrected chi connectivity index (χ4v) is 1.95. The molecule has 71 valence electrons. The number of hydrogen-bond acceptors (Lipinski definition) is 0. The third-order valence-corrected chi connectivity index (χ3v) is 2.61. The van der Waals surface area contributed by atoms with E-state index in [4.69, 9.17) is 0 Å². The molecule has 0 amide bonds. The largest absolute Gasteiger partial charge is 0.0613 e. The Hall–Kier alpha value is -0.780. The summed E-state index contributed by atoms with van der Waals surface area (Å²) in [6.07, 6.45) is 3.39. The average Bonchev–Trinajstić information content (AvgIpc) is 2.16. The topological polar surface area (TPSA) is 0 Å². The van der Waals surface area contributed by atoms with Crippen molar-refractivity contribution in [2.24, 2.45) is 0 Å². The molecular formula is C13H19. The molecule has 0 atom stereocenters. The van der Waals surface area contributed by atoms with Crippen LogP contribution in [0.2, 0.25) is 0 Å². The van der Waals surface area contributed by atoms with Crippen LogP contribution in [0.3, 0.4) is 0 Å².